The highest BCUT2D eigenvalue weighted by molar-refractivity contribution is 5.83. The number of alkyl halides is 3. The lowest BCUT2D eigenvalue weighted by Gasteiger charge is -2.40. The molecule has 1 N–H and O–H groups in total. The third kappa shape index (κ3) is 3.68. The van der Waals surface area contributed by atoms with E-state index in [1.807, 2.05) is 0 Å². The SMILES string of the molecule is CN(C)C(=O)CN1C2CCC1CC(NC(=O)C(C)(C)C(F)(F)F)C2. The van der Waals surface area contributed by atoms with Gasteiger partial charge >= 0.3 is 6.18 Å². The van der Waals surface area contributed by atoms with Crippen LogP contribution in [0.1, 0.15) is 39.5 Å². The van der Waals surface area contributed by atoms with Gasteiger partial charge in [0.15, 0.2) is 0 Å². The van der Waals surface area contributed by atoms with Crippen molar-refractivity contribution >= 4 is 11.8 Å². The minimum absolute atomic E-state index is 0.0209. The van der Waals surface area contributed by atoms with Crippen LogP contribution < -0.4 is 5.32 Å². The summed E-state index contributed by atoms with van der Waals surface area (Å²) in [6, 6.07) is 0.0289. The van der Waals surface area contributed by atoms with E-state index in [2.05, 4.69) is 10.2 Å². The van der Waals surface area contributed by atoms with Gasteiger partial charge in [-0.15, -0.1) is 0 Å². The molecule has 5 nitrogen and oxygen atoms in total. The zero-order chi connectivity index (χ0) is 18.3. The zero-order valence-corrected chi connectivity index (χ0v) is 14.6. The van der Waals surface area contributed by atoms with Crippen LogP contribution in [0.4, 0.5) is 13.2 Å². The molecule has 0 aromatic carbocycles. The van der Waals surface area contributed by atoms with Crippen LogP contribution in [-0.2, 0) is 9.59 Å². The van der Waals surface area contributed by atoms with Gasteiger partial charge in [-0.1, -0.05) is 0 Å². The number of rotatable bonds is 4. The normalized spacial score (nSPS) is 27.9. The Morgan fingerprint density at radius 3 is 2.04 bits per heavy atom. The number of amides is 2. The molecule has 2 bridgehead atoms. The smallest absolute Gasteiger partial charge is 0.352 e. The number of piperidine rings is 1. The van der Waals surface area contributed by atoms with Gasteiger partial charge in [-0.25, -0.2) is 0 Å². The maximum Gasteiger partial charge on any atom is 0.402 e. The molecule has 2 heterocycles. The highest BCUT2D eigenvalue weighted by atomic mass is 19.4. The maximum absolute atomic E-state index is 13.0. The van der Waals surface area contributed by atoms with Crippen molar-refractivity contribution in [1.29, 1.82) is 0 Å². The number of hydrogen-bond donors (Lipinski definition) is 1. The molecule has 2 saturated heterocycles. The van der Waals surface area contributed by atoms with Gasteiger partial charge in [0.1, 0.15) is 5.41 Å². The summed E-state index contributed by atoms with van der Waals surface area (Å²) in [5.74, 6) is -0.954. The fourth-order valence-electron chi connectivity index (χ4n) is 3.44. The number of nitrogens with zero attached hydrogens (tertiary/aromatic N) is 2. The van der Waals surface area contributed by atoms with Gasteiger partial charge in [0.25, 0.3) is 0 Å². The fraction of sp³-hybridized carbons (Fsp3) is 0.875. The summed E-state index contributed by atoms with van der Waals surface area (Å²) in [5, 5.41) is 2.58. The first-order chi connectivity index (χ1) is 10.9. The lowest BCUT2D eigenvalue weighted by atomic mass is 9.89. The van der Waals surface area contributed by atoms with Crippen molar-refractivity contribution in [3.63, 3.8) is 0 Å². The van der Waals surface area contributed by atoms with Gasteiger partial charge in [0, 0.05) is 32.2 Å². The molecule has 0 saturated carbocycles. The van der Waals surface area contributed by atoms with E-state index >= 15 is 0 Å². The van der Waals surface area contributed by atoms with Crippen molar-refractivity contribution in [1.82, 2.24) is 15.1 Å². The summed E-state index contributed by atoms with van der Waals surface area (Å²) in [4.78, 5) is 27.7. The van der Waals surface area contributed by atoms with E-state index in [9.17, 15) is 22.8 Å². The number of nitrogens with one attached hydrogen (secondary N) is 1. The lowest BCUT2D eigenvalue weighted by molar-refractivity contribution is -0.211. The molecule has 138 valence electrons. The second kappa shape index (κ2) is 6.54. The van der Waals surface area contributed by atoms with Gasteiger partial charge in [0.05, 0.1) is 6.54 Å². The van der Waals surface area contributed by atoms with Gasteiger partial charge in [0.2, 0.25) is 11.8 Å². The predicted molar refractivity (Wildman–Crippen MR) is 83.2 cm³/mol. The third-order valence-corrected chi connectivity index (χ3v) is 5.31. The molecule has 0 aliphatic carbocycles. The molecule has 2 atom stereocenters. The second-order valence-corrected chi connectivity index (χ2v) is 7.61. The van der Waals surface area contributed by atoms with Crippen LogP contribution in [0.25, 0.3) is 0 Å². The first-order valence-electron chi connectivity index (χ1n) is 8.27. The van der Waals surface area contributed by atoms with Gasteiger partial charge < -0.3 is 10.2 Å². The van der Waals surface area contributed by atoms with Crippen LogP contribution in [0, 0.1) is 5.41 Å². The Balaban J connectivity index is 1.97. The molecule has 24 heavy (non-hydrogen) atoms. The van der Waals surface area contributed by atoms with Crippen LogP contribution in [0.5, 0.6) is 0 Å². The molecule has 0 spiro atoms. The van der Waals surface area contributed by atoms with E-state index in [4.69, 9.17) is 0 Å². The van der Waals surface area contributed by atoms with Crippen molar-refractivity contribution in [2.75, 3.05) is 20.6 Å². The maximum atomic E-state index is 13.0. The highest BCUT2D eigenvalue weighted by Crippen LogP contribution is 2.39. The van der Waals surface area contributed by atoms with Crippen molar-refractivity contribution < 1.29 is 22.8 Å². The number of likely N-dealkylation sites (N-methyl/N-ethyl adjacent to an activating group) is 1. The van der Waals surface area contributed by atoms with E-state index in [-0.39, 0.29) is 24.0 Å². The van der Waals surface area contributed by atoms with Crippen molar-refractivity contribution in [3.8, 4) is 0 Å². The molecule has 2 fully saturated rings. The average Bonchev–Trinajstić information content (AvgIpc) is 2.68. The van der Waals surface area contributed by atoms with Crippen LogP contribution in [-0.4, -0.2) is 66.6 Å². The molecular formula is C16H26F3N3O2. The van der Waals surface area contributed by atoms with E-state index < -0.39 is 17.5 Å². The Kier molecular flexibility index (Phi) is 5.18. The Labute approximate surface area is 140 Å². The Bertz CT molecular complexity index is 491. The van der Waals surface area contributed by atoms with Crippen LogP contribution in [0.2, 0.25) is 0 Å². The van der Waals surface area contributed by atoms with E-state index in [0.717, 1.165) is 26.7 Å². The summed E-state index contributed by atoms with van der Waals surface area (Å²) in [5.41, 5.74) is -2.40. The minimum Gasteiger partial charge on any atom is -0.352 e. The van der Waals surface area contributed by atoms with E-state index in [1.165, 1.54) is 0 Å². The molecular weight excluding hydrogens is 323 g/mol. The predicted octanol–water partition coefficient (Wildman–Crippen LogP) is 1.77. The van der Waals surface area contributed by atoms with Crippen LogP contribution in [0.15, 0.2) is 0 Å². The van der Waals surface area contributed by atoms with Gasteiger partial charge in [-0.2, -0.15) is 13.2 Å². The van der Waals surface area contributed by atoms with Crippen LogP contribution >= 0.6 is 0 Å². The van der Waals surface area contributed by atoms with Crippen LogP contribution in [0.3, 0.4) is 0 Å². The Hall–Kier alpha value is -1.31. The quantitative estimate of drug-likeness (QED) is 0.842. The second-order valence-electron chi connectivity index (χ2n) is 7.61. The number of halogens is 3. The van der Waals surface area contributed by atoms with Gasteiger partial charge in [-0.3, -0.25) is 14.5 Å². The summed E-state index contributed by atoms with van der Waals surface area (Å²) in [6.07, 6.45) is -1.55. The molecule has 2 rings (SSSR count). The summed E-state index contributed by atoms with van der Waals surface area (Å²) in [7, 11) is 3.41. The molecule has 0 radical (unpaired) electrons. The molecule has 2 unspecified atom stereocenters. The lowest BCUT2D eigenvalue weighted by Crippen LogP contribution is -2.56. The fourth-order valence-corrected chi connectivity index (χ4v) is 3.44. The summed E-state index contributed by atoms with van der Waals surface area (Å²) in [6.45, 7) is 2.14. The number of hydrogen-bond acceptors (Lipinski definition) is 3. The van der Waals surface area contributed by atoms with Gasteiger partial charge in [-0.05, 0) is 39.5 Å². The van der Waals surface area contributed by atoms with E-state index in [0.29, 0.717) is 19.4 Å². The average molecular weight is 349 g/mol. The van der Waals surface area contributed by atoms with Crippen molar-refractivity contribution in [2.45, 2.75) is 63.8 Å². The first-order valence-corrected chi connectivity index (χ1v) is 8.27. The molecule has 2 amide bonds. The van der Waals surface area contributed by atoms with Crippen molar-refractivity contribution in [3.05, 3.63) is 0 Å². The third-order valence-electron chi connectivity index (χ3n) is 5.31. The molecule has 2 aliphatic rings. The largest absolute Gasteiger partial charge is 0.402 e. The molecule has 2 aliphatic heterocycles. The summed E-state index contributed by atoms with van der Waals surface area (Å²) >= 11 is 0. The number of carbonyl (C=O) groups is 2. The first kappa shape index (κ1) is 19.0. The molecule has 0 aromatic heterocycles. The Morgan fingerprint density at radius 2 is 1.62 bits per heavy atom. The highest BCUT2D eigenvalue weighted by Gasteiger charge is 2.53. The number of fused-ring (bicyclic) bond motifs is 2. The monoisotopic (exact) mass is 349 g/mol. The zero-order valence-electron chi connectivity index (χ0n) is 14.6. The minimum atomic E-state index is -4.57. The molecule has 0 aromatic rings. The van der Waals surface area contributed by atoms with Crippen molar-refractivity contribution in [2.24, 2.45) is 5.41 Å². The topological polar surface area (TPSA) is 52.7 Å². The standard InChI is InChI=1S/C16H26F3N3O2/c1-15(2,16(17,18)19)14(24)20-10-7-11-5-6-12(8-10)22(11)9-13(23)21(3)4/h10-12H,5-9H2,1-4H3,(H,20,24). The van der Waals surface area contributed by atoms with E-state index in [1.54, 1.807) is 19.0 Å². The summed E-state index contributed by atoms with van der Waals surface area (Å²) < 4.78 is 38.9. The number of carbonyl (C=O) groups excluding carboxylic acids is 2. The Morgan fingerprint density at radius 1 is 1.12 bits per heavy atom. The molecule has 8 heteroatoms.